The molecule has 2 rings (SSSR count). The predicted octanol–water partition coefficient (Wildman–Crippen LogP) is 1.06. The summed E-state index contributed by atoms with van der Waals surface area (Å²) < 4.78 is 5.06. The van der Waals surface area contributed by atoms with Crippen molar-refractivity contribution in [2.24, 2.45) is 11.7 Å². The number of piperidine rings is 1. The van der Waals surface area contributed by atoms with Gasteiger partial charge in [0.15, 0.2) is 0 Å². The average Bonchev–Trinajstić information content (AvgIpc) is 3.23. The van der Waals surface area contributed by atoms with E-state index in [1.54, 1.807) is 11.8 Å². The topological polar surface area (TPSA) is 72.6 Å². The van der Waals surface area contributed by atoms with Gasteiger partial charge in [-0.05, 0) is 44.9 Å². The van der Waals surface area contributed by atoms with Crippen LogP contribution in [-0.2, 0) is 14.3 Å². The van der Waals surface area contributed by atoms with Gasteiger partial charge in [-0.15, -0.1) is 0 Å². The molecule has 108 valence electrons. The Labute approximate surface area is 114 Å². The molecule has 0 aromatic carbocycles. The number of ether oxygens (including phenoxy) is 1. The fourth-order valence-corrected chi connectivity index (χ4v) is 2.72. The van der Waals surface area contributed by atoms with Crippen molar-refractivity contribution in [2.75, 3.05) is 13.2 Å². The zero-order chi connectivity index (χ0) is 13.8. The SMILES string of the molecule is CCOC(=O)C1CCCCN1C(=O)CC(N)C1CC1. The van der Waals surface area contributed by atoms with Crippen LogP contribution in [0.2, 0.25) is 0 Å². The summed E-state index contributed by atoms with van der Waals surface area (Å²) in [6, 6.07) is -0.440. The molecule has 0 radical (unpaired) electrons. The molecule has 2 unspecified atom stereocenters. The van der Waals surface area contributed by atoms with E-state index in [1.165, 1.54) is 0 Å². The number of carbonyl (C=O) groups excluding carboxylic acids is 2. The van der Waals surface area contributed by atoms with Gasteiger partial charge in [0.2, 0.25) is 5.91 Å². The maximum Gasteiger partial charge on any atom is 0.328 e. The first-order valence-electron chi connectivity index (χ1n) is 7.35. The number of amides is 1. The van der Waals surface area contributed by atoms with E-state index in [2.05, 4.69) is 0 Å². The highest BCUT2D eigenvalue weighted by Crippen LogP contribution is 2.33. The number of hydrogen-bond donors (Lipinski definition) is 1. The van der Waals surface area contributed by atoms with E-state index in [9.17, 15) is 9.59 Å². The minimum absolute atomic E-state index is 0.0113. The Morgan fingerprint density at radius 3 is 2.68 bits per heavy atom. The summed E-state index contributed by atoms with van der Waals surface area (Å²) in [6.07, 6.45) is 5.28. The molecule has 0 bridgehead atoms. The van der Waals surface area contributed by atoms with E-state index in [0.717, 1.165) is 25.7 Å². The van der Waals surface area contributed by atoms with Crippen LogP contribution in [0, 0.1) is 5.92 Å². The molecule has 5 heteroatoms. The summed E-state index contributed by atoms with van der Waals surface area (Å²) in [5, 5.41) is 0. The average molecular weight is 268 g/mol. The Morgan fingerprint density at radius 1 is 1.32 bits per heavy atom. The third kappa shape index (κ3) is 3.69. The summed E-state index contributed by atoms with van der Waals surface area (Å²) >= 11 is 0. The van der Waals surface area contributed by atoms with Crippen molar-refractivity contribution in [3.05, 3.63) is 0 Å². The molecule has 1 aliphatic carbocycles. The molecule has 5 nitrogen and oxygen atoms in total. The van der Waals surface area contributed by atoms with Gasteiger partial charge in [-0.2, -0.15) is 0 Å². The number of carbonyl (C=O) groups is 2. The highest BCUT2D eigenvalue weighted by atomic mass is 16.5. The number of nitrogens with zero attached hydrogens (tertiary/aromatic N) is 1. The van der Waals surface area contributed by atoms with Gasteiger partial charge < -0.3 is 15.4 Å². The molecule has 1 saturated carbocycles. The fourth-order valence-electron chi connectivity index (χ4n) is 2.72. The van der Waals surface area contributed by atoms with E-state index < -0.39 is 6.04 Å². The second-order valence-electron chi connectivity index (χ2n) is 5.56. The van der Waals surface area contributed by atoms with Gasteiger partial charge in [0.05, 0.1) is 6.61 Å². The second-order valence-corrected chi connectivity index (χ2v) is 5.56. The van der Waals surface area contributed by atoms with Crippen LogP contribution < -0.4 is 5.73 Å². The van der Waals surface area contributed by atoms with Crippen LogP contribution in [0.4, 0.5) is 0 Å². The van der Waals surface area contributed by atoms with E-state index in [-0.39, 0.29) is 17.9 Å². The molecule has 1 heterocycles. The van der Waals surface area contributed by atoms with Gasteiger partial charge in [0, 0.05) is 19.0 Å². The zero-order valence-electron chi connectivity index (χ0n) is 11.6. The van der Waals surface area contributed by atoms with Crippen LogP contribution >= 0.6 is 0 Å². The van der Waals surface area contributed by atoms with Gasteiger partial charge in [-0.25, -0.2) is 4.79 Å². The van der Waals surface area contributed by atoms with Crippen LogP contribution in [0.5, 0.6) is 0 Å². The standard InChI is InChI=1S/C14H24N2O3/c1-2-19-14(18)12-5-3-4-8-16(12)13(17)9-11(15)10-6-7-10/h10-12H,2-9,15H2,1H3. The molecule has 2 aliphatic rings. The Bertz CT molecular complexity index is 342. The van der Waals surface area contributed by atoms with Crippen molar-refractivity contribution in [3.63, 3.8) is 0 Å². The van der Waals surface area contributed by atoms with Gasteiger partial charge in [-0.1, -0.05) is 0 Å². The molecule has 2 atom stereocenters. The van der Waals surface area contributed by atoms with Crippen molar-refractivity contribution >= 4 is 11.9 Å². The highest BCUT2D eigenvalue weighted by molar-refractivity contribution is 5.85. The van der Waals surface area contributed by atoms with E-state index in [1.807, 2.05) is 0 Å². The lowest BCUT2D eigenvalue weighted by atomic mass is 10.0. The lowest BCUT2D eigenvalue weighted by Crippen LogP contribution is -2.50. The smallest absolute Gasteiger partial charge is 0.328 e. The van der Waals surface area contributed by atoms with E-state index >= 15 is 0 Å². The van der Waals surface area contributed by atoms with Crippen LogP contribution in [0.15, 0.2) is 0 Å². The molecular formula is C14H24N2O3. The lowest BCUT2D eigenvalue weighted by molar-refractivity contribution is -0.156. The summed E-state index contributed by atoms with van der Waals surface area (Å²) in [7, 11) is 0. The Kier molecular flexibility index (Phi) is 4.80. The minimum atomic E-state index is -0.396. The van der Waals surface area contributed by atoms with Crippen LogP contribution in [0.25, 0.3) is 0 Å². The first-order valence-corrected chi connectivity index (χ1v) is 7.35. The third-order valence-electron chi connectivity index (χ3n) is 4.02. The summed E-state index contributed by atoms with van der Waals surface area (Å²) in [5.74, 6) is 0.252. The van der Waals surface area contributed by atoms with Gasteiger partial charge in [0.25, 0.3) is 0 Å². The molecule has 1 amide bonds. The first kappa shape index (κ1) is 14.3. The van der Waals surface area contributed by atoms with Crippen molar-refractivity contribution in [3.8, 4) is 0 Å². The predicted molar refractivity (Wildman–Crippen MR) is 71.3 cm³/mol. The lowest BCUT2D eigenvalue weighted by Gasteiger charge is -2.34. The van der Waals surface area contributed by atoms with E-state index in [0.29, 0.717) is 31.9 Å². The molecule has 1 saturated heterocycles. The van der Waals surface area contributed by atoms with Crippen LogP contribution in [-0.4, -0.2) is 42.0 Å². The number of hydrogen-bond acceptors (Lipinski definition) is 4. The number of esters is 1. The van der Waals surface area contributed by atoms with Crippen LogP contribution in [0.3, 0.4) is 0 Å². The number of nitrogens with two attached hydrogens (primary N) is 1. The fraction of sp³-hybridized carbons (Fsp3) is 0.857. The quantitative estimate of drug-likeness (QED) is 0.757. The molecule has 1 aliphatic heterocycles. The molecule has 0 aromatic heterocycles. The monoisotopic (exact) mass is 268 g/mol. The molecule has 0 spiro atoms. The normalized spacial score (nSPS) is 24.9. The maximum atomic E-state index is 12.3. The zero-order valence-corrected chi connectivity index (χ0v) is 11.6. The van der Waals surface area contributed by atoms with Gasteiger partial charge in [-0.3, -0.25) is 4.79 Å². The Morgan fingerprint density at radius 2 is 2.05 bits per heavy atom. The van der Waals surface area contributed by atoms with Crippen molar-refractivity contribution in [1.82, 2.24) is 4.90 Å². The molecule has 2 fully saturated rings. The summed E-state index contributed by atoms with van der Waals surface area (Å²) in [6.45, 7) is 2.80. The Balaban J connectivity index is 1.93. The molecule has 19 heavy (non-hydrogen) atoms. The summed E-state index contributed by atoms with van der Waals surface area (Å²) in [5.41, 5.74) is 6.00. The van der Waals surface area contributed by atoms with Crippen molar-refractivity contribution in [2.45, 2.75) is 57.5 Å². The van der Waals surface area contributed by atoms with Crippen molar-refractivity contribution < 1.29 is 14.3 Å². The number of likely N-dealkylation sites (tertiary alicyclic amines) is 1. The summed E-state index contributed by atoms with van der Waals surface area (Å²) in [4.78, 5) is 25.9. The highest BCUT2D eigenvalue weighted by Gasteiger charge is 2.36. The minimum Gasteiger partial charge on any atom is -0.464 e. The number of rotatable bonds is 5. The Hall–Kier alpha value is -1.10. The molecular weight excluding hydrogens is 244 g/mol. The maximum absolute atomic E-state index is 12.3. The first-order chi connectivity index (χ1) is 9.13. The van der Waals surface area contributed by atoms with Gasteiger partial charge >= 0.3 is 5.97 Å². The second kappa shape index (κ2) is 6.37. The van der Waals surface area contributed by atoms with Crippen LogP contribution in [0.1, 0.15) is 45.4 Å². The third-order valence-corrected chi connectivity index (χ3v) is 4.02. The largest absolute Gasteiger partial charge is 0.464 e. The van der Waals surface area contributed by atoms with Crippen molar-refractivity contribution in [1.29, 1.82) is 0 Å². The van der Waals surface area contributed by atoms with Gasteiger partial charge in [0.1, 0.15) is 6.04 Å². The molecule has 0 aromatic rings. The molecule has 2 N–H and O–H groups in total. The van der Waals surface area contributed by atoms with E-state index in [4.69, 9.17) is 10.5 Å².